The number of nitrogens with one attached hydrogen (secondary N) is 1. The third kappa shape index (κ3) is 3.10. The lowest BCUT2D eigenvalue weighted by molar-refractivity contribution is 0.487. The molecular weight excluding hydrogens is 270 g/mol. The number of aryl methyl sites for hydroxylation is 1. The average Bonchev–Trinajstić information content (AvgIpc) is 3.00. The van der Waals surface area contributed by atoms with Crippen molar-refractivity contribution in [2.75, 3.05) is 0 Å². The van der Waals surface area contributed by atoms with Gasteiger partial charge in [-0.25, -0.2) is 0 Å². The first-order valence-corrected chi connectivity index (χ1v) is 7.59. The van der Waals surface area contributed by atoms with Gasteiger partial charge in [-0.3, -0.25) is 10.00 Å². The maximum atomic E-state index is 4.27. The van der Waals surface area contributed by atoms with Gasteiger partial charge in [-0.05, 0) is 24.1 Å². The lowest BCUT2D eigenvalue weighted by Gasteiger charge is -2.24. The Kier molecular flexibility index (Phi) is 4.35. The molecule has 1 N–H and O–H groups in total. The van der Waals surface area contributed by atoms with Crippen molar-refractivity contribution in [2.24, 2.45) is 7.05 Å². The van der Waals surface area contributed by atoms with Crippen LogP contribution in [0.25, 0.3) is 0 Å². The van der Waals surface area contributed by atoms with Crippen LogP contribution in [0.1, 0.15) is 35.8 Å². The first-order valence-electron chi connectivity index (χ1n) is 7.59. The first-order chi connectivity index (χ1) is 10.8. The maximum Gasteiger partial charge on any atom is 0.0581 e. The highest BCUT2D eigenvalue weighted by molar-refractivity contribution is 5.32. The van der Waals surface area contributed by atoms with Gasteiger partial charge in [0.05, 0.1) is 11.7 Å². The van der Waals surface area contributed by atoms with Crippen LogP contribution in [0.3, 0.4) is 0 Å². The van der Waals surface area contributed by atoms with E-state index >= 15 is 0 Å². The third-order valence-corrected chi connectivity index (χ3v) is 3.98. The summed E-state index contributed by atoms with van der Waals surface area (Å²) in [6.07, 6.45) is 1.84. The summed E-state index contributed by atoms with van der Waals surface area (Å²) in [4.78, 5) is 0. The number of hydrogen-bond acceptors (Lipinski definition) is 2. The second-order valence-corrected chi connectivity index (χ2v) is 5.52. The van der Waals surface area contributed by atoms with Crippen LogP contribution in [0.4, 0.5) is 0 Å². The highest BCUT2D eigenvalue weighted by atomic mass is 15.3. The van der Waals surface area contributed by atoms with Crippen molar-refractivity contribution < 1.29 is 0 Å². The van der Waals surface area contributed by atoms with Crippen LogP contribution >= 0.6 is 0 Å². The van der Waals surface area contributed by atoms with E-state index in [0.29, 0.717) is 0 Å². The molecule has 1 unspecified atom stereocenters. The van der Waals surface area contributed by atoms with Crippen LogP contribution in [0, 0.1) is 0 Å². The van der Waals surface area contributed by atoms with Crippen molar-refractivity contribution in [1.82, 2.24) is 15.1 Å². The van der Waals surface area contributed by atoms with Crippen molar-refractivity contribution >= 4 is 0 Å². The number of benzene rings is 2. The fraction of sp³-hybridized carbons (Fsp3) is 0.211. The van der Waals surface area contributed by atoms with E-state index in [1.165, 1.54) is 16.8 Å². The highest BCUT2D eigenvalue weighted by Crippen LogP contribution is 2.25. The molecule has 2 aromatic carbocycles. The van der Waals surface area contributed by atoms with Crippen molar-refractivity contribution in [3.8, 4) is 0 Å². The number of rotatable bonds is 5. The summed E-state index contributed by atoms with van der Waals surface area (Å²) in [6.45, 7) is 2.18. The lowest BCUT2D eigenvalue weighted by Crippen LogP contribution is -2.27. The molecule has 0 saturated carbocycles. The van der Waals surface area contributed by atoms with E-state index in [2.05, 4.69) is 84.1 Å². The molecule has 0 aliphatic rings. The Bertz CT molecular complexity index is 664. The molecule has 0 aliphatic heterocycles. The molecule has 0 spiro atoms. The number of aromatic nitrogens is 2. The van der Waals surface area contributed by atoms with Crippen LogP contribution in [-0.4, -0.2) is 9.78 Å². The van der Waals surface area contributed by atoms with Crippen LogP contribution in [0.15, 0.2) is 72.9 Å². The highest BCUT2D eigenvalue weighted by Gasteiger charge is 2.18. The Morgan fingerprint density at radius 2 is 1.41 bits per heavy atom. The van der Waals surface area contributed by atoms with Crippen LogP contribution in [0.5, 0.6) is 0 Å². The molecule has 0 fully saturated rings. The molecule has 1 heterocycles. The standard InChI is InChI=1S/C19H21N3/c1-15(18-13-14-20-22(18)2)21-19(16-9-5-3-6-10-16)17-11-7-4-8-12-17/h3-15,19,21H,1-2H3. The Morgan fingerprint density at radius 3 is 1.86 bits per heavy atom. The predicted octanol–water partition coefficient (Wildman–Crippen LogP) is 3.86. The monoisotopic (exact) mass is 291 g/mol. The molecule has 3 nitrogen and oxygen atoms in total. The summed E-state index contributed by atoms with van der Waals surface area (Å²) in [7, 11) is 1.98. The molecule has 0 aliphatic carbocycles. The topological polar surface area (TPSA) is 29.9 Å². The molecule has 0 amide bonds. The molecule has 0 saturated heterocycles. The summed E-state index contributed by atoms with van der Waals surface area (Å²) in [5.41, 5.74) is 3.71. The van der Waals surface area contributed by atoms with E-state index in [9.17, 15) is 0 Å². The Labute approximate surface area is 131 Å². The van der Waals surface area contributed by atoms with Gasteiger partial charge < -0.3 is 0 Å². The van der Waals surface area contributed by atoms with Gasteiger partial charge in [-0.2, -0.15) is 5.10 Å². The van der Waals surface area contributed by atoms with Crippen LogP contribution in [0.2, 0.25) is 0 Å². The molecule has 0 bridgehead atoms. The normalized spacial score (nSPS) is 12.5. The molecule has 112 valence electrons. The summed E-state index contributed by atoms with van der Waals surface area (Å²) in [6, 6.07) is 23.5. The fourth-order valence-corrected chi connectivity index (χ4v) is 2.82. The van der Waals surface area contributed by atoms with E-state index in [1.807, 2.05) is 17.9 Å². The number of hydrogen-bond donors (Lipinski definition) is 1. The largest absolute Gasteiger partial charge is 0.298 e. The predicted molar refractivity (Wildman–Crippen MR) is 89.5 cm³/mol. The van der Waals surface area contributed by atoms with Gasteiger partial charge in [0.2, 0.25) is 0 Å². The quantitative estimate of drug-likeness (QED) is 0.773. The SMILES string of the molecule is CC(NC(c1ccccc1)c1ccccc1)c1ccnn1C. The zero-order valence-electron chi connectivity index (χ0n) is 13.0. The zero-order chi connectivity index (χ0) is 15.4. The van der Waals surface area contributed by atoms with Crippen LogP contribution in [-0.2, 0) is 7.05 Å². The van der Waals surface area contributed by atoms with Crippen molar-refractivity contribution in [1.29, 1.82) is 0 Å². The smallest absolute Gasteiger partial charge is 0.0581 e. The Morgan fingerprint density at radius 1 is 0.864 bits per heavy atom. The molecule has 3 heteroatoms. The minimum absolute atomic E-state index is 0.160. The maximum absolute atomic E-state index is 4.27. The minimum Gasteiger partial charge on any atom is -0.298 e. The number of nitrogens with zero attached hydrogens (tertiary/aromatic N) is 2. The van der Waals surface area contributed by atoms with E-state index in [4.69, 9.17) is 0 Å². The second kappa shape index (κ2) is 6.58. The first kappa shape index (κ1) is 14.5. The summed E-state index contributed by atoms with van der Waals surface area (Å²) in [5.74, 6) is 0. The molecule has 1 atom stereocenters. The Balaban J connectivity index is 1.91. The summed E-state index contributed by atoms with van der Waals surface area (Å²) < 4.78 is 1.92. The van der Waals surface area contributed by atoms with Crippen molar-refractivity contribution in [3.05, 3.63) is 89.7 Å². The molecule has 3 aromatic rings. The molecule has 0 radical (unpaired) electrons. The van der Waals surface area contributed by atoms with E-state index in [0.717, 1.165) is 0 Å². The second-order valence-electron chi connectivity index (χ2n) is 5.52. The third-order valence-electron chi connectivity index (χ3n) is 3.98. The lowest BCUT2D eigenvalue weighted by atomic mass is 9.97. The van der Waals surface area contributed by atoms with Crippen molar-refractivity contribution in [2.45, 2.75) is 19.0 Å². The van der Waals surface area contributed by atoms with Gasteiger partial charge in [0.1, 0.15) is 0 Å². The molecular formula is C19H21N3. The fourth-order valence-electron chi connectivity index (χ4n) is 2.82. The van der Waals surface area contributed by atoms with Gasteiger partial charge in [0, 0.05) is 19.3 Å². The van der Waals surface area contributed by atoms with Gasteiger partial charge in [0.15, 0.2) is 0 Å². The van der Waals surface area contributed by atoms with Gasteiger partial charge in [0.25, 0.3) is 0 Å². The minimum atomic E-state index is 0.160. The molecule has 1 aromatic heterocycles. The molecule has 3 rings (SSSR count). The van der Waals surface area contributed by atoms with Gasteiger partial charge >= 0.3 is 0 Å². The van der Waals surface area contributed by atoms with E-state index in [-0.39, 0.29) is 12.1 Å². The molecule has 22 heavy (non-hydrogen) atoms. The van der Waals surface area contributed by atoms with Crippen molar-refractivity contribution in [3.63, 3.8) is 0 Å². The zero-order valence-corrected chi connectivity index (χ0v) is 13.0. The summed E-state index contributed by atoms with van der Waals surface area (Å²) >= 11 is 0. The van der Waals surface area contributed by atoms with E-state index in [1.54, 1.807) is 0 Å². The van der Waals surface area contributed by atoms with Gasteiger partial charge in [-0.15, -0.1) is 0 Å². The Hall–Kier alpha value is -2.39. The average molecular weight is 291 g/mol. The van der Waals surface area contributed by atoms with E-state index < -0.39 is 0 Å². The summed E-state index contributed by atoms with van der Waals surface area (Å²) in [5, 5.41) is 8.00. The van der Waals surface area contributed by atoms with Crippen LogP contribution < -0.4 is 5.32 Å². The van der Waals surface area contributed by atoms with Gasteiger partial charge in [-0.1, -0.05) is 60.7 Å².